The number of nitrogens with one attached hydrogen (secondary N) is 4. The maximum atomic E-state index is 14.0. The van der Waals surface area contributed by atoms with E-state index in [1.54, 1.807) is 30.4 Å². The number of aromatic nitrogens is 3. The zero-order valence-electron chi connectivity index (χ0n) is 41.2. The summed E-state index contributed by atoms with van der Waals surface area (Å²) in [4.78, 5) is 84.5. The second kappa shape index (κ2) is 22.9. The van der Waals surface area contributed by atoms with Gasteiger partial charge < -0.3 is 45.4 Å². The molecule has 5 amide bonds. The van der Waals surface area contributed by atoms with Crippen LogP contribution in [0.15, 0.2) is 49.1 Å². The molecule has 4 N–H and O–H groups in total. The van der Waals surface area contributed by atoms with Gasteiger partial charge in [-0.25, -0.2) is 9.97 Å². The number of benzene rings is 1. The van der Waals surface area contributed by atoms with Gasteiger partial charge in [0.1, 0.15) is 18.2 Å². The lowest BCUT2D eigenvalue weighted by atomic mass is 9.78. The minimum Gasteiger partial charge on any atom is -0.378 e. The van der Waals surface area contributed by atoms with Crippen LogP contribution in [0.5, 0.6) is 0 Å². The van der Waals surface area contributed by atoms with Crippen molar-refractivity contribution in [2.75, 3.05) is 45.7 Å². The highest BCUT2D eigenvalue weighted by Gasteiger charge is 2.46. The number of likely N-dealkylation sites (tertiary alicyclic amines) is 2. The molecule has 17 nitrogen and oxygen atoms in total. The normalized spacial score (nSPS) is 28.1. The first-order valence-electron chi connectivity index (χ1n) is 25.4. The van der Waals surface area contributed by atoms with Crippen LogP contribution < -0.4 is 21.3 Å². The van der Waals surface area contributed by atoms with Crippen LogP contribution in [0, 0.1) is 11.8 Å². The molecule has 2 saturated heterocycles. The van der Waals surface area contributed by atoms with Crippen LogP contribution in [0.4, 0.5) is 19.0 Å². The van der Waals surface area contributed by atoms with Crippen molar-refractivity contribution in [3.05, 3.63) is 60.2 Å². The van der Waals surface area contributed by atoms with Crippen molar-refractivity contribution in [2.24, 2.45) is 11.8 Å². The van der Waals surface area contributed by atoms with Gasteiger partial charge in [0, 0.05) is 81.4 Å². The molecular weight excluding hydrogens is 922 g/mol. The minimum atomic E-state index is -4.55. The average Bonchev–Trinajstić information content (AvgIpc) is 3.86. The zero-order valence-corrected chi connectivity index (χ0v) is 41.2. The maximum Gasteiger partial charge on any atom is 0.416 e. The highest BCUT2D eigenvalue weighted by Crippen LogP contribution is 2.38. The lowest BCUT2D eigenvalue weighted by Crippen LogP contribution is -2.60. The lowest BCUT2D eigenvalue weighted by molar-refractivity contribution is -0.137. The second-order valence-corrected chi connectivity index (χ2v) is 20.4. The van der Waals surface area contributed by atoms with E-state index in [9.17, 15) is 37.1 Å². The van der Waals surface area contributed by atoms with Crippen LogP contribution in [-0.4, -0.2) is 148 Å². The molecule has 5 fully saturated rings. The number of amides is 5. The molecule has 8 rings (SSSR count). The van der Waals surface area contributed by atoms with Crippen molar-refractivity contribution < 1.29 is 46.6 Å². The van der Waals surface area contributed by atoms with Crippen LogP contribution in [0.25, 0.3) is 10.9 Å². The van der Waals surface area contributed by atoms with Crippen molar-refractivity contribution in [3.63, 3.8) is 0 Å². The number of ether oxygens (including phenoxy) is 2. The summed E-state index contributed by atoms with van der Waals surface area (Å²) in [5, 5.41) is 12.7. The average molecular weight is 991 g/mol. The molecule has 5 aliphatic rings. The van der Waals surface area contributed by atoms with Crippen LogP contribution in [0.3, 0.4) is 0 Å². The van der Waals surface area contributed by atoms with Gasteiger partial charge >= 0.3 is 6.18 Å². The summed E-state index contributed by atoms with van der Waals surface area (Å²) in [5.74, 6) is -1.16. The molecule has 71 heavy (non-hydrogen) atoms. The third kappa shape index (κ3) is 12.6. The molecule has 3 aliphatic carbocycles. The van der Waals surface area contributed by atoms with Gasteiger partial charge in [-0.05, 0) is 121 Å². The molecule has 2 aromatic heterocycles. The fourth-order valence-corrected chi connectivity index (χ4v) is 11.2. The number of carbonyl (C=O) groups excluding carboxylic acids is 5. The summed E-state index contributed by atoms with van der Waals surface area (Å²) in [6.07, 6.45) is 8.36. The Labute approximate surface area is 413 Å². The van der Waals surface area contributed by atoms with Gasteiger partial charge in [0.15, 0.2) is 0 Å². The molecular formula is C51H69F3N10O7. The highest BCUT2D eigenvalue weighted by molar-refractivity contribution is 5.93. The second-order valence-electron chi connectivity index (χ2n) is 20.4. The molecule has 0 unspecified atom stereocenters. The molecule has 3 aromatic rings. The summed E-state index contributed by atoms with van der Waals surface area (Å²) in [6.45, 7) is 5.89. The maximum absolute atomic E-state index is 14.0. The summed E-state index contributed by atoms with van der Waals surface area (Å²) in [7, 11) is 3.80. The van der Waals surface area contributed by atoms with Crippen LogP contribution in [-0.2, 0) is 39.6 Å². The summed E-state index contributed by atoms with van der Waals surface area (Å²) in [5.41, 5.74) is 0.342. The monoisotopic (exact) mass is 991 g/mol. The van der Waals surface area contributed by atoms with Crippen LogP contribution in [0.1, 0.15) is 114 Å². The molecule has 0 radical (unpaired) electrons. The fraction of sp³-hybridized carbons (Fsp3) is 0.647. The van der Waals surface area contributed by atoms with Gasteiger partial charge in [-0.3, -0.25) is 29.0 Å². The van der Waals surface area contributed by atoms with Crippen molar-refractivity contribution in [3.8, 4) is 0 Å². The number of pyridine rings is 1. The quantitative estimate of drug-likeness (QED) is 0.115. The van der Waals surface area contributed by atoms with Crippen LogP contribution in [0.2, 0.25) is 0 Å². The number of nitrogens with zero attached hydrogens (tertiary/aromatic N) is 6. The molecule has 6 atom stereocenters. The Morgan fingerprint density at radius 3 is 2.37 bits per heavy atom. The molecule has 4 heterocycles. The number of alkyl halides is 3. The molecule has 0 spiro atoms. The van der Waals surface area contributed by atoms with Gasteiger partial charge in [-0.15, -0.1) is 0 Å². The first-order chi connectivity index (χ1) is 34.0. The van der Waals surface area contributed by atoms with Crippen molar-refractivity contribution in [1.82, 2.24) is 45.6 Å². The van der Waals surface area contributed by atoms with Crippen molar-refractivity contribution in [1.29, 1.82) is 0 Å². The van der Waals surface area contributed by atoms with E-state index in [0.29, 0.717) is 76.8 Å². The molecule has 386 valence electrons. The van der Waals surface area contributed by atoms with Gasteiger partial charge in [0.2, 0.25) is 29.5 Å². The molecule has 1 aromatic carbocycles. The lowest BCUT2D eigenvalue weighted by Gasteiger charge is -2.45. The minimum absolute atomic E-state index is 0.0679. The van der Waals surface area contributed by atoms with E-state index in [2.05, 4.69) is 62.0 Å². The summed E-state index contributed by atoms with van der Waals surface area (Å²) < 4.78 is 53.0. The summed E-state index contributed by atoms with van der Waals surface area (Å²) >= 11 is 0. The highest BCUT2D eigenvalue weighted by atomic mass is 19.4. The smallest absolute Gasteiger partial charge is 0.378 e. The topological polar surface area (TPSA) is 200 Å². The molecule has 3 saturated carbocycles. The Morgan fingerprint density at radius 2 is 1.66 bits per heavy atom. The summed E-state index contributed by atoms with van der Waals surface area (Å²) in [6, 6.07) is 5.74. The number of fused-ring (bicyclic) bond motifs is 1. The fourth-order valence-electron chi connectivity index (χ4n) is 11.2. The Balaban J connectivity index is 0.723. The molecule has 0 bridgehead atoms. The van der Waals surface area contributed by atoms with Crippen LogP contribution >= 0.6 is 0 Å². The van der Waals surface area contributed by atoms with E-state index in [1.807, 2.05) is 11.0 Å². The number of hydrogen-bond donors (Lipinski definition) is 4. The molecule has 2 aliphatic heterocycles. The number of anilines is 1. The standard InChI is InChI=1S/C51H69F3N10O7/c1-30(2)62(3)35-10-16-43(64-20-17-41(50(64)69)60-47-38-25-33(51(52,53)54)9-15-40(38)57-29-58-47)42(26-35)61-48(67)32-23-34(24-32)59-44(65)8-6-21-70-36-11-13-37(14-12-36)71-22-19-56-49(68)39-27-45(66)63(4)46(39)31-7-5-18-55-28-31/h5,7,9,15,18,25,28-30,32,34-37,39,41-43,46H,6,8,10-14,16-17,19-24,26-27H2,1-4H3,(H,56,68)(H,59,65)(H,61,67)(H,57,58,60)/t32-,34+,35-,36-,37-,39+,41+,42-,43+,46-/m1/s1. The number of halogens is 3. The Morgan fingerprint density at radius 1 is 0.915 bits per heavy atom. The third-order valence-corrected chi connectivity index (χ3v) is 15.5. The predicted molar refractivity (Wildman–Crippen MR) is 257 cm³/mol. The number of rotatable bonds is 19. The van der Waals surface area contributed by atoms with Crippen molar-refractivity contribution in [2.45, 2.75) is 158 Å². The van der Waals surface area contributed by atoms with Gasteiger partial charge in [0.25, 0.3) is 0 Å². The Bertz CT molecular complexity index is 2350. The third-order valence-electron chi connectivity index (χ3n) is 15.5. The zero-order chi connectivity index (χ0) is 50.4. The van der Waals surface area contributed by atoms with Crippen molar-refractivity contribution >= 4 is 46.3 Å². The number of hydrogen-bond acceptors (Lipinski definition) is 12. The largest absolute Gasteiger partial charge is 0.416 e. The predicted octanol–water partition coefficient (Wildman–Crippen LogP) is 5.16. The number of carbonyl (C=O) groups is 5. The van der Waals surface area contributed by atoms with E-state index in [4.69, 9.17) is 9.47 Å². The van der Waals surface area contributed by atoms with E-state index < -0.39 is 23.7 Å². The van der Waals surface area contributed by atoms with Gasteiger partial charge in [-0.1, -0.05) is 6.07 Å². The van der Waals surface area contributed by atoms with E-state index >= 15 is 0 Å². The molecule has 20 heteroatoms. The van der Waals surface area contributed by atoms with Gasteiger partial charge in [-0.2, -0.15) is 13.2 Å². The van der Waals surface area contributed by atoms with E-state index in [1.165, 1.54) is 12.4 Å². The van der Waals surface area contributed by atoms with E-state index in [0.717, 1.165) is 49.8 Å². The first-order valence-corrected chi connectivity index (χ1v) is 25.4. The SMILES string of the molecule is CC(C)N(C)[C@@H]1CC[C@H](N2CC[C@H](Nc3ncnc4ccc(C(F)(F)F)cc34)C2=O)[C@H](NC(=O)[C@H]2C[C@@H](NC(=O)CCCO[C@H]3CC[C@H](OCCNC(=O)[C@H]4CC(=O)N(C)[C@@H]4c4cccnc4)CC3)C2)C1. The first kappa shape index (κ1) is 51.9. The van der Waals surface area contributed by atoms with E-state index in [-0.39, 0.29) is 102 Å². The van der Waals surface area contributed by atoms with Gasteiger partial charge in [0.05, 0.1) is 53.9 Å². The Hall–Kier alpha value is -5.47. The Kier molecular flexibility index (Phi) is 16.8.